The van der Waals surface area contributed by atoms with Crippen molar-refractivity contribution in [1.82, 2.24) is 9.97 Å². The Bertz CT molecular complexity index is 422. The highest BCUT2D eigenvalue weighted by molar-refractivity contribution is 7.15. The van der Waals surface area contributed by atoms with E-state index in [1.54, 1.807) is 23.7 Å². The van der Waals surface area contributed by atoms with E-state index >= 15 is 0 Å². The van der Waals surface area contributed by atoms with E-state index in [0.29, 0.717) is 0 Å². The lowest BCUT2D eigenvalue weighted by Crippen LogP contribution is -1.90. The van der Waals surface area contributed by atoms with E-state index in [2.05, 4.69) is 16.9 Å². The smallest absolute Gasteiger partial charge is 0.169 e. The van der Waals surface area contributed by atoms with Crippen molar-refractivity contribution in [3.8, 4) is 10.7 Å². The van der Waals surface area contributed by atoms with Crippen LogP contribution in [0.25, 0.3) is 10.7 Å². The minimum Gasteiger partial charge on any atom is -0.392 e. The zero-order valence-corrected chi connectivity index (χ0v) is 8.58. The molecule has 0 spiro atoms. The lowest BCUT2D eigenvalue weighted by Gasteiger charge is -1.96. The summed E-state index contributed by atoms with van der Waals surface area (Å²) in [6, 6.07) is 4.05. The first kappa shape index (κ1) is 9.30. The van der Waals surface area contributed by atoms with Crippen LogP contribution in [-0.2, 0) is 6.61 Å². The van der Waals surface area contributed by atoms with Crippen molar-refractivity contribution in [2.45, 2.75) is 13.5 Å². The lowest BCUT2D eigenvalue weighted by atomic mass is 10.3. The summed E-state index contributed by atoms with van der Waals surface area (Å²) in [7, 11) is 0. The molecule has 0 amide bonds. The molecule has 0 bridgehead atoms. The van der Waals surface area contributed by atoms with Gasteiger partial charge < -0.3 is 5.11 Å². The molecule has 2 rings (SSSR count). The molecule has 1 N–H and O–H groups in total. The first-order chi connectivity index (χ1) is 6.79. The molecule has 14 heavy (non-hydrogen) atoms. The summed E-state index contributed by atoms with van der Waals surface area (Å²) in [5.41, 5.74) is 0.738. The lowest BCUT2D eigenvalue weighted by molar-refractivity contribution is 0.281. The molecule has 72 valence electrons. The molecule has 0 unspecified atom stereocenters. The van der Waals surface area contributed by atoms with Crippen LogP contribution in [0, 0.1) is 6.92 Å². The van der Waals surface area contributed by atoms with Gasteiger partial charge in [0.15, 0.2) is 5.82 Å². The van der Waals surface area contributed by atoms with Gasteiger partial charge in [0, 0.05) is 22.8 Å². The maximum absolute atomic E-state index is 8.83. The standard InChI is InChI=1S/C10H10N2OS/c1-7-2-3-9(14-7)10-11-4-8(6-13)5-12-10/h2-5,13H,6H2,1H3. The van der Waals surface area contributed by atoms with Crippen LogP contribution >= 0.6 is 11.3 Å². The number of rotatable bonds is 2. The number of aromatic nitrogens is 2. The van der Waals surface area contributed by atoms with Gasteiger partial charge in [0.05, 0.1) is 11.5 Å². The molecule has 0 radical (unpaired) electrons. The largest absolute Gasteiger partial charge is 0.392 e. The molecule has 2 heterocycles. The summed E-state index contributed by atoms with van der Waals surface area (Å²) < 4.78 is 0. The molecular formula is C10H10N2OS. The number of hydrogen-bond acceptors (Lipinski definition) is 4. The van der Waals surface area contributed by atoms with E-state index in [4.69, 9.17) is 5.11 Å². The summed E-state index contributed by atoms with van der Waals surface area (Å²) >= 11 is 1.67. The van der Waals surface area contributed by atoms with Crippen molar-refractivity contribution in [1.29, 1.82) is 0 Å². The second-order valence-electron chi connectivity index (χ2n) is 2.98. The van der Waals surface area contributed by atoms with Gasteiger partial charge in [0.25, 0.3) is 0 Å². The van der Waals surface area contributed by atoms with Crippen LogP contribution in [0.1, 0.15) is 10.4 Å². The molecule has 0 saturated carbocycles. The molecule has 0 aliphatic heterocycles. The number of thiophene rings is 1. The predicted molar refractivity (Wildman–Crippen MR) is 56.0 cm³/mol. The summed E-state index contributed by atoms with van der Waals surface area (Å²) in [6.45, 7) is 2.04. The van der Waals surface area contributed by atoms with Crippen LogP contribution in [0.15, 0.2) is 24.5 Å². The van der Waals surface area contributed by atoms with Gasteiger partial charge in [-0.1, -0.05) is 0 Å². The van der Waals surface area contributed by atoms with Crippen LogP contribution in [0.4, 0.5) is 0 Å². The first-order valence-electron chi connectivity index (χ1n) is 4.28. The molecular weight excluding hydrogens is 196 g/mol. The summed E-state index contributed by atoms with van der Waals surface area (Å²) in [4.78, 5) is 10.7. The Morgan fingerprint density at radius 1 is 1.29 bits per heavy atom. The number of aryl methyl sites for hydroxylation is 1. The Hall–Kier alpha value is -1.26. The van der Waals surface area contributed by atoms with Crippen LogP contribution in [-0.4, -0.2) is 15.1 Å². The van der Waals surface area contributed by atoms with Gasteiger partial charge in [0.1, 0.15) is 0 Å². The van der Waals surface area contributed by atoms with Crippen LogP contribution < -0.4 is 0 Å². The Kier molecular flexibility index (Phi) is 2.56. The minimum atomic E-state index is -0.0102. The van der Waals surface area contributed by atoms with Gasteiger partial charge >= 0.3 is 0 Å². The molecule has 0 aliphatic carbocycles. The highest BCUT2D eigenvalue weighted by Gasteiger charge is 2.03. The van der Waals surface area contributed by atoms with E-state index in [0.717, 1.165) is 16.3 Å². The summed E-state index contributed by atoms with van der Waals surface area (Å²) in [5.74, 6) is 0.723. The van der Waals surface area contributed by atoms with Crippen molar-refractivity contribution < 1.29 is 5.11 Å². The van der Waals surface area contributed by atoms with Crippen LogP contribution in [0.5, 0.6) is 0 Å². The Labute approximate surface area is 86.1 Å². The number of aliphatic hydroxyl groups is 1. The molecule has 2 aromatic heterocycles. The summed E-state index contributed by atoms with van der Waals surface area (Å²) in [5, 5.41) is 8.83. The fourth-order valence-electron chi connectivity index (χ4n) is 1.12. The second kappa shape index (κ2) is 3.86. The zero-order chi connectivity index (χ0) is 9.97. The highest BCUT2D eigenvalue weighted by Crippen LogP contribution is 2.24. The maximum atomic E-state index is 8.83. The third kappa shape index (κ3) is 1.81. The van der Waals surface area contributed by atoms with Gasteiger partial charge in [-0.05, 0) is 19.1 Å². The molecule has 2 aromatic rings. The monoisotopic (exact) mass is 206 g/mol. The third-order valence-corrected chi connectivity index (χ3v) is 2.85. The molecule has 0 atom stereocenters. The Balaban J connectivity index is 2.33. The van der Waals surface area contributed by atoms with Crippen LogP contribution in [0.3, 0.4) is 0 Å². The minimum absolute atomic E-state index is 0.0102. The Morgan fingerprint density at radius 2 is 2.00 bits per heavy atom. The van der Waals surface area contributed by atoms with Crippen molar-refractivity contribution in [2.24, 2.45) is 0 Å². The third-order valence-electron chi connectivity index (χ3n) is 1.85. The van der Waals surface area contributed by atoms with E-state index in [-0.39, 0.29) is 6.61 Å². The quantitative estimate of drug-likeness (QED) is 0.817. The number of nitrogens with zero attached hydrogens (tertiary/aromatic N) is 2. The molecule has 0 aromatic carbocycles. The fourth-order valence-corrected chi connectivity index (χ4v) is 1.93. The van der Waals surface area contributed by atoms with E-state index in [1.165, 1.54) is 4.88 Å². The normalized spacial score (nSPS) is 10.4. The van der Waals surface area contributed by atoms with E-state index < -0.39 is 0 Å². The predicted octanol–water partition coefficient (Wildman–Crippen LogP) is 2.01. The SMILES string of the molecule is Cc1ccc(-c2ncc(CO)cn2)s1. The number of aliphatic hydroxyl groups excluding tert-OH is 1. The molecule has 4 heteroatoms. The average Bonchev–Trinajstić information content (AvgIpc) is 2.65. The van der Waals surface area contributed by atoms with Crippen molar-refractivity contribution in [3.63, 3.8) is 0 Å². The number of hydrogen-bond donors (Lipinski definition) is 1. The highest BCUT2D eigenvalue weighted by atomic mass is 32.1. The maximum Gasteiger partial charge on any atom is 0.169 e. The van der Waals surface area contributed by atoms with Gasteiger partial charge in [-0.3, -0.25) is 0 Å². The zero-order valence-electron chi connectivity index (χ0n) is 7.77. The fraction of sp³-hybridized carbons (Fsp3) is 0.200. The molecule has 0 aliphatic rings. The topological polar surface area (TPSA) is 46.0 Å². The Morgan fingerprint density at radius 3 is 2.50 bits per heavy atom. The van der Waals surface area contributed by atoms with E-state index in [1.807, 2.05) is 12.1 Å². The molecule has 3 nitrogen and oxygen atoms in total. The molecule has 0 fully saturated rings. The molecule has 0 saturated heterocycles. The summed E-state index contributed by atoms with van der Waals surface area (Å²) in [6.07, 6.45) is 3.30. The van der Waals surface area contributed by atoms with Crippen LogP contribution in [0.2, 0.25) is 0 Å². The van der Waals surface area contributed by atoms with E-state index in [9.17, 15) is 0 Å². The van der Waals surface area contributed by atoms with Crippen molar-refractivity contribution >= 4 is 11.3 Å². The van der Waals surface area contributed by atoms with Gasteiger partial charge in [0.2, 0.25) is 0 Å². The van der Waals surface area contributed by atoms with Gasteiger partial charge in [-0.15, -0.1) is 11.3 Å². The van der Waals surface area contributed by atoms with Crippen molar-refractivity contribution in [3.05, 3.63) is 35.0 Å². The first-order valence-corrected chi connectivity index (χ1v) is 5.10. The second-order valence-corrected chi connectivity index (χ2v) is 4.27. The average molecular weight is 206 g/mol. The van der Waals surface area contributed by atoms with Gasteiger partial charge in [-0.25, -0.2) is 9.97 Å². The van der Waals surface area contributed by atoms with Crippen molar-refractivity contribution in [2.75, 3.05) is 0 Å². The van der Waals surface area contributed by atoms with Gasteiger partial charge in [-0.2, -0.15) is 0 Å².